The van der Waals surface area contributed by atoms with E-state index in [1.165, 1.54) is 0 Å². The van der Waals surface area contributed by atoms with Crippen molar-refractivity contribution in [3.05, 3.63) is 0 Å². The van der Waals surface area contributed by atoms with Crippen molar-refractivity contribution in [1.29, 1.82) is 0 Å². The molecule has 20 heavy (non-hydrogen) atoms. The molecule has 2 rings (SSSR count). The maximum Gasteiger partial charge on any atom is 0.326 e. The fourth-order valence-corrected chi connectivity index (χ4v) is 3.63. The zero-order chi connectivity index (χ0) is 14.6. The number of esters is 1. The van der Waals surface area contributed by atoms with E-state index < -0.39 is 5.54 Å². The largest absolute Gasteiger partial charge is 0.465 e. The molecule has 3 atom stereocenters. The number of rotatable bonds is 6. The highest BCUT2D eigenvalue weighted by molar-refractivity contribution is 5.81. The average Bonchev–Trinajstić information content (AvgIpc) is 3.06. The maximum atomic E-state index is 12.3. The van der Waals surface area contributed by atoms with Crippen LogP contribution in [0.3, 0.4) is 0 Å². The van der Waals surface area contributed by atoms with E-state index >= 15 is 0 Å². The zero-order valence-electron chi connectivity index (χ0n) is 13.0. The molecule has 0 spiro atoms. The number of hydrogen-bond donors (Lipinski definition) is 1. The number of hydrogen-bond acceptors (Lipinski definition) is 5. The Morgan fingerprint density at radius 3 is 2.80 bits per heavy atom. The number of carbonyl (C=O) groups excluding carboxylic acids is 1. The minimum Gasteiger partial charge on any atom is -0.465 e. The van der Waals surface area contributed by atoms with Gasteiger partial charge < -0.3 is 14.8 Å². The lowest BCUT2D eigenvalue weighted by molar-refractivity contribution is -0.151. The van der Waals surface area contributed by atoms with Gasteiger partial charge in [-0.25, -0.2) is 0 Å². The predicted octanol–water partition coefficient (Wildman–Crippen LogP) is 1.17. The lowest BCUT2D eigenvalue weighted by Crippen LogP contribution is -2.52. The predicted molar refractivity (Wildman–Crippen MR) is 77.7 cm³/mol. The fourth-order valence-electron chi connectivity index (χ4n) is 3.63. The second kappa shape index (κ2) is 6.87. The lowest BCUT2D eigenvalue weighted by atomic mass is 9.97. The highest BCUT2D eigenvalue weighted by Crippen LogP contribution is 2.35. The third-order valence-corrected chi connectivity index (χ3v) is 4.70. The molecule has 0 aromatic carbocycles. The third kappa shape index (κ3) is 3.15. The molecule has 5 nitrogen and oxygen atoms in total. The van der Waals surface area contributed by atoms with E-state index in [2.05, 4.69) is 10.2 Å². The van der Waals surface area contributed by atoms with Gasteiger partial charge in [-0.15, -0.1) is 0 Å². The molecule has 5 heteroatoms. The van der Waals surface area contributed by atoms with E-state index in [1.807, 2.05) is 13.8 Å². The summed E-state index contributed by atoms with van der Waals surface area (Å²) in [5.74, 6) is -0.0770. The van der Waals surface area contributed by atoms with Crippen LogP contribution >= 0.6 is 0 Å². The van der Waals surface area contributed by atoms with Crippen LogP contribution < -0.4 is 5.32 Å². The van der Waals surface area contributed by atoms with Crippen molar-refractivity contribution in [2.75, 3.05) is 33.4 Å². The zero-order valence-corrected chi connectivity index (χ0v) is 13.0. The number of carbonyl (C=O) groups is 1. The van der Waals surface area contributed by atoms with Gasteiger partial charge in [0, 0.05) is 26.2 Å². The summed E-state index contributed by atoms with van der Waals surface area (Å²) in [6.45, 7) is 7.23. The summed E-state index contributed by atoms with van der Waals surface area (Å²) in [5.41, 5.74) is -0.472. The first kappa shape index (κ1) is 15.7. The molecule has 1 aliphatic heterocycles. The Morgan fingerprint density at radius 2 is 2.20 bits per heavy atom. The Morgan fingerprint density at radius 1 is 1.40 bits per heavy atom. The average molecular weight is 284 g/mol. The molecule has 1 saturated heterocycles. The second-order valence-corrected chi connectivity index (χ2v) is 5.87. The Bertz CT molecular complexity index is 337. The number of likely N-dealkylation sites (tertiary alicyclic amines) is 1. The molecule has 0 aromatic rings. The van der Waals surface area contributed by atoms with Gasteiger partial charge in [-0.2, -0.15) is 0 Å². The summed E-state index contributed by atoms with van der Waals surface area (Å²) in [7, 11) is 1.78. The van der Waals surface area contributed by atoms with Crippen LogP contribution in [0.1, 0.15) is 39.5 Å². The number of ether oxygens (including phenoxy) is 2. The molecule has 0 bridgehead atoms. The van der Waals surface area contributed by atoms with Crippen molar-refractivity contribution < 1.29 is 14.3 Å². The van der Waals surface area contributed by atoms with Crippen LogP contribution in [-0.2, 0) is 14.3 Å². The third-order valence-electron chi connectivity index (χ3n) is 4.70. The summed E-state index contributed by atoms with van der Waals surface area (Å²) in [5, 5.41) is 3.39. The molecule has 1 N–H and O–H groups in total. The van der Waals surface area contributed by atoms with Gasteiger partial charge in [0.15, 0.2) is 0 Å². The number of nitrogens with one attached hydrogen (secondary N) is 1. The van der Waals surface area contributed by atoms with Gasteiger partial charge in [0.25, 0.3) is 0 Å². The summed E-state index contributed by atoms with van der Waals surface area (Å²) in [6.07, 6.45) is 4.24. The van der Waals surface area contributed by atoms with Crippen molar-refractivity contribution in [1.82, 2.24) is 10.2 Å². The molecular formula is C15H28N2O3. The molecule has 1 heterocycles. The summed E-state index contributed by atoms with van der Waals surface area (Å²) >= 11 is 0. The highest BCUT2D eigenvalue weighted by Gasteiger charge is 2.48. The van der Waals surface area contributed by atoms with Gasteiger partial charge in [0.05, 0.1) is 12.7 Å². The van der Waals surface area contributed by atoms with E-state index in [9.17, 15) is 4.79 Å². The maximum absolute atomic E-state index is 12.3. The van der Waals surface area contributed by atoms with Crippen molar-refractivity contribution in [2.24, 2.45) is 0 Å². The quantitative estimate of drug-likeness (QED) is 0.742. The fraction of sp³-hybridized carbons (Fsp3) is 0.933. The molecule has 3 unspecified atom stereocenters. The van der Waals surface area contributed by atoms with Crippen LogP contribution in [0.4, 0.5) is 0 Å². The van der Waals surface area contributed by atoms with Crippen LogP contribution in [0.2, 0.25) is 0 Å². The van der Waals surface area contributed by atoms with Gasteiger partial charge in [0.2, 0.25) is 0 Å². The molecule has 2 fully saturated rings. The van der Waals surface area contributed by atoms with Crippen LogP contribution in [0.25, 0.3) is 0 Å². The van der Waals surface area contributed by atoms with E-state index in [-0.39, 0.29) is 5.97 Å². The van der Waals surface area contributed by atoms with Crippen molar-refractivity contribution >= 4 is 5.97 Å². The van der Waals surface area contributed by atoms with Gasteiger partial charge in [-0.05, 0) is 39.2 Å². The van der Waals surface area contributed by atoms with E-state index in [1.54, 1.807) is 7.11 Å². The van der Waals surface area contributed by atoms with Crippen molar-refractivity contribution in [2.45, 2.75) is 57.2 Å². The molecule has 1 aliphatic carbocycles. The Balaban J connectivity index is 1.98. The topological polar surface area (TPSA) is 50.8 Å². The van der Waals surface area contributed by atoms with Gasteiger partial charge in [0.1, 0.15) is 5.54 Å². The first-order valence-electron chi connectivity index (χ1n) is 7.84. The Kier molecular flexibility index (Phi) is 5.41. The minimum atomic E-state index is -0.472. The van der Waals surface area contributed by atoms with Gasteiger partial charge >= 0.3 is 5.97 Å². The standard InChI is InChI=1S/C15H28N2O3/c1-4-16-15(14(18)20-5-2)8-6-12(10-15)17-9-7-13(11-17)19-3/h12-13,16H,4-11H2,1-3H3. The monoisotopic (exact) mass is 284 g/mol. The molecule has 2 aliphatic rings. The molecule has 116 valence electrons. The van der Waals surface area contributed by atoms with Gasteiger partial charge in [-0.3, -0.25) is 9.69 Å². The highest BCUT2D eigenvalue weighted by atomic mass is 16.5. The van der Waals surface area contributed by atoms with Gasteiger partial charge in [-0.1, -0.05) is 6.92 Å². The van der Waals surface area contributed by atoms with Crippen LogP contribution in [0.15, 0.2) is 0 Å². The van der Waals surface area contributed by atoms with Crippen LogP contribution in [0.5, 0.6) is 0 Å². The number of methoxy groups -OCH3 is 1. The van der Waals surface area contributed by atoms with E-state index in [0.29, 0.717) is 18.8 Å². The van der Waals surface area contributed by atoms with Crippen molar-refractivity contribution in [3.8, 4) is 0 Å². The van der Waals surface area contributed by atoms with Crippen LogP contribution in [-0.4, -0.2) is 61.9 Å². The first-order valence-corrected chi connectivity index (χ1v) is 7.84. The summed E-state index contributed by atoms with van der Waals surface area (Å²) < 4.78 is 10.7. The Hall–Kier alpha value is -0.650. The first-order chi connectivity index (χ1) is 9.65. The molecular weight excluding hydrogens is 256 g/mol. The molecule has 0 aromatic heterocycles. The second-order valence-electron chi connectivity index (χ2n) is 5.87. The molecule has 0 amide bonds. The Labute approximate surface area is 122 Å². The smallest absolute Gasteiger partial charge is 0.326 e. The number of nitrogens with zero attached hydrogens (tertiary/aromatic N) is 1. The van der Waals surface area contributed by atoms with E-state index in [0.717, 1.165) is 45.3 Å². The minimum absolute atomic E-state index is 0.0770. The van der Waals surface area contributed by atoms with E-state index in [4.69, 9.17) is 9.47 Å². The molecule has 0 radical (unpaired) electrons. The normalized spacial score (nSPS) is 34.5. The summed E-state index contributed by atoms with van der Waals surface area (Å²) in [6, 6.07) is 0.471. The molecule has 1 saturated carbocycles. The van der Waals surface area contributed by atoms with Crippen LogP contribution in [0, 0.1) is 0 Å². The lowest BCUT2D eigenvalue weighted by Gasteiger charge is -2.30. The SMILES string of the molecule is CCNC1(C(=O)OCC)CCC(N2CCC(OC)C2)C1. The van der Waals surface area contributed by atoms with Crippen molar-refractivity contribution in [3.63, 3.8) is 0 Å². The summed E-state index contributed by atoms with van der Waals surface area (Å²) in [4.78, 5) is 14.8. The number of likely N-dealkylation sites (N-methyl/N-ethyl adjacent to an activating group) is 1.